The summed E-state index contributed by atoms with van der Waals surface area (Å²) in [6.07, 6.45) is 10.1. The van der Waals surface area contributed by atoms with Crippen molar-refractivity contribution in [2.45, 2.75) is 78.2 Å². The van der Waals surface area contributed by atoms with E-state index in [-0.39, 0.29) is 24.4 Å². The van der Waals surface area contributed by atoms with Crippen molar-refractivity contribution < 1.29 is 4.79 Å². The summed E-state index contributed by atoms with van der Waals surface area (Å²) < 4.78 is 0. The number of likely N-dealkylation sites (tertiary alicyclic amines) is 1. The first-order chi connectivity index (χ1) is 10.5. The minimum atomic E-state index is 0. The van der Waals surface area contributed by atoms with Gasteiger partial charge in [0, 0.05) is 25.0 Å². The highest BCUT2D eigenvalue weighted by Crippen LogP contribution is 2.33. The molecule has 0 spiro atoms. The van der Waals surface area contributed by atoms with Crippen molar-refractivity contribution in [1.82, 2.24) is 4.90 Å². The molecule has 2 unspecified atom stereocenters. The van der Waals surface area contributed by atoms with Gasteiger partial charge in [0.25, 0.3) is 0 Å². The lowest BCUT2D eigenvalue weighted by Gasteiger charge is -2.37. The molecule has 1 saturated carbocycles. The van der Waals surface area contributed by atoms with Crippen molar-refractivity contribution >= 4 is 18.3 Å². The molecule has 1 saturated heterocycles. The summed E-state index contributed by atoms with van der Waals surface area (Å²) in [5.41, 5.74) is 6.02. The SMILES string of the molecule is CC(C)C(CC1CCCCC1)C(=O)N1CCC(C(C)N)CC1.Cl. The monoisotopic (exact) mass is 344 g/mol. The fourth-order valence-corrected chi connectivity index (χ4v) is 4.32. The maximum atomic E-state index is 13.0. The highest BCUT2D eigenvalue weighted by Gasteiger charge is 2.32. The van der Waals surface area contributed by atoms with Gasteiger partial charge in [-0.3, -0.25) is 4.79 Å². The number of hydrogen-bond acceptors (Lipinski definition) is 2. The van der Waals surface area contributed by atoms with Crippen molar-refractivity contribution in [1.29, 1.82) is 0 Å². The Morgan fingerprint density at radius 2 is 1.61 bits per heavy atom. The Kier molecular flexibility index (Phi) is 8.92. The van der Waals surface area contributed by atoms with Crippen LogP contribution in [0.3, 0.4) is 0 Å². The van der Waals surface area contributed by atoms with E-state index in [4.69, 9.17) is 5.73 Å². The lowest BCUT2D eigenvalue weighted by Crippen LogP contribution is -2.46. The number of amides is 1. The largest absolute Gasteiger partial charge is 0.342 e. The van der Waals surface area contributed by atoms with Gasteiger partial charge >= 0.3 is 0 Å². The Labute approximate surface area is 149 Å². The van der Waals surface area contributed by atoms with Gasteiger partial charge in [0.2, 0.25) is 5.91 Å². The van der Waals surface area contributed by atoms with Gasteiger partial charge in [-0.05, 0) is 43.9 Å². The van der Waals surface area contributed by atoms with Crippen LogP contribution in [0, 0.1) is 23.7 Å². The highest BCUT2D eigenvalue weighted by molar-refractivity contribution is 5.85. The van der Waals surface area contributed by atoms with E-state index in [0.29, 0.717) is 17.7 Å². The van der Waals surface area contributed by atoms with Gasteiger partial charge in [-0.2, -0.15) is 0 Å². The molecule has 0 radical (unpaired) electrons. The Balaban J connectivity index is 0.00000264. The van der Waals surface area contributed by atoms with Crippen molar-refractivity contribution in [2.24, 2.45) is 29.4 Å². The summed E-state index contributed by atoms with van der Waals surface area (Å²) >= 11 is 0. The molecule has 136 valence electrons. The lowest BCUT2D eigenvalue weighted by molar-refractivity contribution is -0.139. The Morgan fingerprint density at radius 3 is 2.09 bits per heavy atom. The van der Waals surface area contributed by atoms with Gasteiger partial charge in [0.05, 0.1) is 0 Å². The zero-order valence-corrected chi connectivity index (χ0v) is 16.1. The second-order valence-electron chi connectivity index (χ2n) is 8.11. The van der Waals surface area contributed by atoms with Crippen LogP contribution in [-0.4, -0.2) is 29.9 Å². The predicted octanol–water partition coefficient (Wildman–Crippen LogP) is 4.24. The number of carbonyl (C=O) groups excluding carboxylic acids is 1. The molecular formula is C19H37ClN2O. The predicted molar refractivity (Wildman–Crippen MR) is 99.7 cm³/mol. The van der Waals surface area contributed by atoms with Crippen molar-refractivity contribution in [3.63, 3.8) is 0 Å². The van der Waals surface area contributed by atoms with Gasteiger partial charge in [0.1, 0.15) is 0 Å². The molecule has 1 heterocycles. The van der Waals surface area contributed by atoms with Crippen LogP contribution in [0.5, 0.6) is 0 Å². The number of nitrogens with zero attached hydrogens (tertiary/aromatic N) is 1. The van der Waals surface area contributed by atoms with Crippen LogP contribution in [0.15, 0.2) is 0 Å². The van der Waals surface area contributed by atoms with Crippen LogP contribution in [0.2, 0.25) is 0 Å². The van der Waals surface area contributed by atoms with E-state index in [1.54, 1.807) is 0 Å². The molecule has 1 amide bonds. The van der Waals surface area contributed by atoms with Crippen LogP contribution >= 0.6 is 12.4 Å². The van der Waals surface area contributed by atoms with E-state index in [1.807, 2.05) is 0 Å². The summed E-state index contributed by atoms with van der Waals surface area (Å²) in [7, 11) is 0. The summed E-state index contributed by atoms with van der Waals surface area (Å²) in [6, 6.07) is 0.264. The standard InChI is InChI=1S/C19H36N2O.ClH/c1-14(2)18(13-16-7-5-4-6-8-16)19(22)21-11-9-17(10-12-21)15(3)20;/h14-18H,4-13,20H2,1-3H3;1H. The summed E-state index contributed by atoms with van der Waals surface area (Å²) in [4.78, 5) is 15.1. The quantitative estimate of drug-likeness (QED) is 0.810. The van der Waals surface area contributed by atoms with E-state index in [0.717, 1.165) is 38.3 Å². The molecule has 0 bridgehead atoms. The van der Waals surface area contributed by atoms with Gasteiger partial charge in [-0.1, -0.05) is 46.0 Å². The number of nitrogens with two attached hydrogens (primary N) is 1. The molecule has 1 aliphatic heterocycles. The fraction of sp³-hybridized carbons (Fsp3) is 0.947. The first-order valence-corrected chi connectivity index (χ1v) is 9.53. The molecule has 2 N–H and O–H groups in total. The summed E-state index contributed by atoms with van der Waals surface area (Å²) in [6.45, 7) is 8.38. The van der Waals surface area contributed by atoms with Gasteiger partial charge in [0.15, 0.2) is 0 Å². The third-order valence-electron chi connectivity index (χ3n) is 6.03. The van der Waals surface area contributed by atoms with Gasteiger partial charge < -0.3 is 10.6 Å². The number of rotatable bonds is 5. The molecule has 2 fully saturated rings. The Morgan fingerprint density at radius 1 is 1.04 bits per heavy atom. The first-order valence-electron chi connectivity index (χ1n) is 9.53. The van der Waals surface area contributed by atoms with Crippen molar-refractivity contribution in [2.75, 3.05) is 13.1 Å². The average Bonchev–Trinajstić information content (AvgIpc) is 2.53. The zero-order chi connectivity index (χ0) is 16.1. The van der Waals surface area contributed by atoms with E-state index in [2.05, 4.69) is 25.7 Å². The van der Waals surface area contributed by atoms with Crippen LogP contribution in [0.4, 0.5) is 0 Å². The van der Waals surface area contributed by atoms with Crippen LogP contribution in [-0.2, 0) is 4.79 Å². The van der Waals surface area contributed by atoms with Gasteiger partial charge in [-0.15, -0.1) is 12.4 Å². The molecule has 1 aliphatic carbocycles. The smallest absolute Gasteiger partial charge is 0.225 e. The first kappa shape index (κ1) is 20.8. The second-order valence-corrected chi connectivity index (χ2v) is 8.11. The third-order valence-corrected chi connectivity index (χ3v) is 6.03. The Hall–Kier alpha value is -0.280. The van der Waals surface area contributed by atoms with Crippen molar-refractivity contribution in [3.8, 4) is 0 Å². The minimum Gasteiger partial charge on any atom is -0.342 e. The maximum Gasteiger partial charge on any atom is 0.225 e. The van der Waals surface area contributed by atoms with Gasteiger partial charge in [-0.25, -0.2) is 0 Å². The van der Waals surface area contributed by atoms with E-state index < -0.39 is 0 Å². The fourth-order valence-electron chi connectivity index (χ4n) is 4.32. The summed E-state index contributed by atoms with van der Waals surface area (Å²) in [5, 5.41) is 0. The maximum absolute atomic E-state index is 13.0. The number of carbonyl (C=O) groups is 1. The average molecular weight is 345 g/mol. The molecule has 0 aromatic heterocycles. The molecule has 4 heteroatoms. The lowest BCUT2D eigenvalue weighted by atomic mass is 9.78. The molecule has 0 aromatic carbocycles. The molecule has 2 atom stereocenters. The van der Waals surface area contributed by atoms with Crippen LogP contribution in [0.25, 0.3) is 0 Å². The Bertz CT molecular complexity index is 345. The van der Waals surface area contributed by atoms with Crippen molar-refractivity contribution in [3.05, 3.63) is 0 Å². The minimum absolute atomic E-state index is 0. The normalized spacial score (nSPS) is 23.4. The highest BCUT2D eigenvalue weighted by atomic mass is 35.5. The zero-order valence-electron chi connectivity index (χ0n) is 15.3. The molecule has 23 heavy (non-hydrogen) atoms. The van der Waals surface area contributed by atoms with E-state index >= 15 is 0 Å². The van der Waals surface area contributed by atoms with Crippen LogP contribution in [0.1, 0.15) is 72.1 Å². The molecule has 2 aliphatic rings. The van der Waals surface area contributed by atoms with Crippen LogP contribution < -0.4 is 5.73 Å². The second kappa shape index (κ2) is 9.88. The molecule has 2 rings (SSSR count). The topological polar surface area (TPSA) is 46.3 Å². The summed E-state index contributed by atoms with van der Waals surface area (Å²) in [5.74, 6) is 2.49. The van der Waals surface area contributed by atoms with E-state index in [9.17, 15) is 4.79 Å². The third kappa shape index (κ3) is 5.94. The van der Waals surface area contributed by atoms with E-state index in [1.165, 1.54) is 32.1 Å². The number of halogens is 1. The molecular weight excluding hydrogens is 308 g/mol. The molecule has 0 aromatic rings. The number of hydrogen-bond donors (Lipinski definition) is 1. The number of piperidine rings is 1. The molecule has 3 nitrogen and oxygen atoms in total.